The van der Waals surface area contributed by atoms with E-state index in [0.29, 0.717) is 11.7 Å². The molecule has 0 saturated carbocycles. The summed E-state index contributed by atoms with van der Waals surface area (Å²) in [5.41, 5.74) is 0. The van der Waals surface area contributed by atoms with E-state index in [2.05, 4.69) is 13.7 Å². The van der Waals surface area contributed by atoms with E-state index in [9.17, 15) is 0 Å². The Hall–Kier alpha value is -1.97. The maximum atomic E-state index is 6.25. The van der Waals surface area contributed by atoms with Crippen molar-refractivity contribution in [1.82, 2.24) is 0 Å². The number of halogens is 1. The molecule has 0 amide bonds. The monoisotopic (exact) mass is 411 g/mol. The fourth-order valence-corrected chi connectivity index (χ4v) is 0. The zero-order chi connectivity index (χ0) is 14.7. The standard InChI is InChI=1S/6CN.ClH.2Fe.6H2O/c6*1-2;;;;;;;;;/h;;;;;;1H;;;6*1H2/q6*-1;;;+1;;;;;;/p-1. The van der Waals surface area contributed by atoms with Crippen molar-refractivity contribution in [2.45, 2.75) is 0 Å². The zero-order valence-electron chi connectivity index (χ0n) is 9.77. The van der Waals surface area contributed by atoms with Gasteiger partial charge in [-0.25, -0.2) is 0 Å². The Morgan fingerprint density at radius 1 is 0.476 bits per heavy atom. The maximum absolute atomic E-state index is 6.25. The van der Waals surface area contributed by atoms with Gasteiger partial charge in [0.25, 0.3) is 0 Å². The molecule has 12 N–H and O–H groups in total. The molecule has 21 heavy (non-hydrogen) atoms. The predicted molar refractivity (Wildman–Crippen MR) is 57.3 cm³/mol. The summed E-state index contributed by atoms with van der Waals surface area (Å²) in [6.07, 6.45) is 0. The van der Waals surface area contributed by atoms with E-state index >= 15 is 0 Å². The van der Waals surface area contributed by atoms with E-state index < -0.39 is 0 Å². The van der Waals surface area contributed by atoms with Crippen LogP contribution in [0.15, 0.2) is 0 Å². The molecule has 0 aromatic heterocycles. The Balaban J connectivity index is -0.00000000310. The second-order valence-electron chi connectivity index (χ2n) is 0.0472. The third-order valence-electron chi connectivity index (χ3n) is 0. The molecule has 0 bridgehead atoms. The van der Waals surface area contributed by atoms with Gasteiger partial charge in [0.2, 0.25) is 0 Å². The molecule has 0 aliphatic heterocycles. The summed E-state index contributed by atoms with van der Waals surface area (Å²) in [5.74, 6) is 0. The van der Waals surface area contributed by atoms with Gasteiger partial charge in [0.1, 0.15) is 0 Å². The van der Waals surface area contributed by atoms with E-state index in [1.807, 2.05) is 0 Å². The molecule has 15 heteroatoms. The molecule has 0 aromatic carbocycles. The van der Waals surface area contributed by atoms with Crippen molar-refractivity contribution in [2.24, 2.45) is 0 Å². The summed E-state index contributed by atoms with van der Waals surface area (Å²) in [5, 5.41) is 37.5. The summed E-state index contributed by atoms with van der Waals surface area (Å²) in [6, 6.07) is 0. The van der Waals surface area contributed by atoms with Crippen LogP contribution < -0.4 is 0 Å². The van der Waals surface area contributed by atoms with Crippen molar-refractivity contribution in [2.75, 3.05) is 0 Å². The molecule has 0 rings (SSSR count). The average molecular weight is 411 g/mol. The molecule has 131 valence electrons. The molecular formula is C6H12ClFe2N6O6-6. The van der Waals surface area contributed by atoms with Crippen LogP contribution in [0.2, 0.25) is 0 Å². The first kappa shape index (κ1) is 170. The van der Waals surface area contributed by atoms with Crippen LogP contribution in [0.5, 0.6) is 0 Å². The van der Waals surface area contributed by atoms with Crippen LogP contribution in [0.4, 0.5) is 0 Å². The van der Waals surface area contributed by atoms with Crippen molar-refractivity contribution in [1.29, 1.82) is 31.6 Å². The van der Waals surface area contributed by atoms with Gasteiger partial charge in [-0.1, -0.05) is 0 Å². The fraction of sp³-hybridized carbons (Fsp3) is 0. The second-order valence-corrected chi connectivity index (χ2v) is 2.41. The van der Waals surface area contributed by atoms with Crippen molar-refractivity contribution in [3.8, 4) is 0 Å². The van der Waals surface area contributed by atoms with Crippen LogP contribution >= 0.6 is 10.1 Å². The molecule has 0 aliphatic rings. The SMILES string of the molecule is O.O.O.O.O.O.[C-]#N.[C-]#N.[C-]#N.[C-]#N.[C-]#N.[C-]#N.[Cl][Fe]=[Fe]. The number of hydrogen-bond donors (Lipinski definition) is 0. The molecule has 0 radical (unpaired) electrons. The first-order valence-corrected chi connectivity index (χ1v) is 5.12. The predicted octanol–water partition coefficient (Wildman–Crippen LogP) is -3.69. The zero-order valence-corrected chi connectivity index (χ0v) is 12.7. The van der Waals surface area contributed by atoms with Crippen molar-refractivity contribution < 1.29 is 58.2 Å². The summed E-state index contributed by atoms with van der Waals surface area (Å²) < 4.78 is 0. The van der Waals surface area contributed by atoms with Crippen LogP contribution in [-0.2, 0) is 25.3 Å². The van der Waals surface area contributed by atoms with Crippen molar-refractivity contribution >= 4 is 10.1 Å². The van der Waals surface area contributed by atoms with Gasteiger partial charge in [-0.15, -0.1) is 0 Å². The Labute approximate surface area is 139 Å². The van der Waals surface area contributed by atoms with Crippen LogP contribution in [-0.4, -0.2) is 32.9 Å². The molecule has 0 aromatic rings. The van der Waals surface area contributed by atoms with Gasteiger partial charge in [0.05, 0.1) is 0 Å². The molecule has 0 atom stereocenters. The molecule has 0 spiro atoms. The summed E-state index contributed by atoms with van der Waals surface area (Å²) in [4.78, 5) is 0. The third kappa shape index (κ3) is 1190. The van der Waals surface area contributed by atoms with Crippen LogP contribution in [0.3, 0.4) is 0 Å². The van der Waals surface area contributed by atoms with Gasteiger partial charge in [-0.05, 0) is 0 Å². The van der Waals surface area contributed by atoms with E-state index in [-0.39, 0.29) is 32.9 Å². The number of nitrogens with zero attached hydrogens (tertiary/aromatic N) is 6. The first-order chi connectivity index (χ1) is 7.41. The minimum absolute atomic E-state index is 0. The third-order valence-corrected chi connectivity index (χ3v) is 0. The van der Waals surface area contributed by atoms with Crippen LogP contribution in [0.1, 0.15) is 0 Å². The van der Waals surface area contributed by atoms with Gasteiger partial charge in [0.15, 0.2) is 0 Å². The topological polar surface area (TPSA) is 332 Å². The summed E-state index contributed by atoms with van der Waals surface area (Å²) in [6.45, 7) is 28.5. The Kier molecular flexibility index (Phi) is 44900. The molecule has 0 saturated heterocycles. The quantitative estimate of drug-likeness (QED) is 0.285. The van der Waals surface area contributed by atoms with Crippen LogP contribution in [0, 0.1) is 71.0 Å². The molecule has 0 heterocycles. The van der Waals surface area contributed by atoms with E-state index in [1.54, 1.807) is 0 Å². The van der Waals surface area contributed by atoms with Gasteiger partial charge in [0, 0.05) is 0 Å². The van der Waals surface area contributed by atoms with E-state index in [4.69, 9.17) is 81.1 Å². The molecular weight excluding hydrogens is 399 g/mol. The van der Waals surface area contributed by atoms with Crippen LogP contribution in [0.25, 0.3) is 0 Å². The Morgan fingerprint density at radius 3 is 0.476 bits per heavy atom. The normalized spacial score (nSPS) is 1.43. The Bertz CT molecular complexity index is 151. The molecule has 0 unspecified atom stereocenters. The van der Waals surface area contributed by atoms with Crippen molar-refractivity contribution in [3.05, 3.63) is 39.4 Å². The van der Waals surface area contributed by atoms with E-state index in [1.165, 1.54) is 0 Å². The van der Waals surface area contributed by atoms with Crippen molar-refractivity contribution in [3.63, 3.8) is 0 Å². The van der Waals surface area contributed by atoms with Gasteiger partial charge in [-0.2, -0.15) is 0 Å². The average Bonchev–Trinajstić information content (AvgIpc) is 2.44. The summed E-state index contributed by atoms with van der Waals surface area (Å²) in [7, 11) is 4.89. The first-order valence-electron chi connectivity index (χ1n) is 1.60. The van der Waals surface area contributed by atoms with E-state index in [0.717, 1.165) is 0 Å². The van der Waals surface area contributed by atoms with Gasteiger partial charge < -0.3 is 104 Å². The molecule has 12 nitrogen and oxygen atoms in total. The fourth-order valence-electron chi connectivity index (χ4n) is 0. The Morgan fingerprint density at radius 2 is 0.476 bits per heavy atom. The van der Waals surface area contributed by atoms with Gasteiger partial charge in [-0.3, -0.25) is 0 Å². The number of rotatable bonds is 0. The summed E-state index contributed by atoms with van der Waals surface area (Å²) >= 11 is 3.72. The molecule has 0 fully saturated rings. The molecule has 0 aliphatic carbocycles. The second kappa shape index (κ2) is 5540. The van der Waals surface area contributed by atoms with Gasteiger partial charge >= 0.3 is 35.4 Å². The number of hydrogen-bond acceptors (Lipinski definition) is 6. The minimum atomic E-state index is 0.